The van der Waals surface area contributed by atoms with E-state index in [1.165, 1.54) is 5.56 Å². The molecule has 0 aliphatic heterocycles. The van der Waals surface area contributed by atoms with E-state index in [1.807, 2.05) is 36.4 Å². The minimum Gasteiger partial charge on any atom is -0.671 e. The van der Waals surface area contributed by atoms with Crippen LogP contribution in [0.4, 0.5) is 0 Å². The summed E-state index contributed by atoms with van der Waals surface area (Å²) in [7, 11) is 0. The maximum Gasteiger partial charge on any atom is 0 e. The Morgan fingerprint density at radius 3 is 1.94 bits per heavy atom. The van der Waals surface area contributed by atoms with Crippen LogP contribution in [-0.4, -0.2) is 0 Å². The van der Waals surface area contributed by atoms with Gasteiger partial charge in [-0.05, 0) is 12.0 Å². The van der Waals surface area contributed by atoms with Crippen LogP contribution >= 0.6 is 0 Å². The van der Waals surface area contributed by atoms with Crippen LogP contribution in [0.5, 0.6) is 0 Å². The topological polar surface area (TPSA) is 23.8 Å². The number of rotatable bonds is 4. The molecule has 0 bridgehead atoms. The Balaban J connectivity index is 0.00000144. The van der Waals surface area contributed by atoms with Crippen LogP contribution in [-0.2, 0) is 6.42 Å². The van der Waals surface area contributed by atoms with Crippen molar-refractivity contribution in [2.75, 3.05) is 0 Å². The van der Waals surface area contributed by atoms with Crippen molar-refractivity contribution in [3.63, 3.8) is 0 Å². The zero-order chi connectivity index (χ0) is 11.2. The Labute approximate surface area is 139 Å². The van der Waals surface area contributed by atoms with Crippen LogP contribution in [0.25, 0.3) is 5.73 Å². The van der Waals surface area contributed by atoms with Gasteiger partial charge >= 0.3 is 0 Å². The van der Waals surface area contributed by atoms with Crippen molar-refractivity contribution in [1.82, 2.24) is 0 Å². The summed E-state index contributed by atoms with van der Waals surface area (Å²) < 4.78 is 0. The van der Waals surface area contributed by atoms with E-state index in [-0.39, 0.29) is 50.1 Å². The van der Waals surface area contributed by atoms with Crippen molar-refractivity contribution >= 4 is 0 Å². The molecular formula is C15H16AcN-. The second kappa shape index (κ2) is 8.03. The normalized spacial score (nSPS) is 11.6. The Morgan fingerprint density at radius 1 is 0.824 bits per heavy atom. The minimum atomic E-state index is -0.110. The third kappa shape index (κ3) is 4.92. The summed E-state index contributed by atoms with van der Waals surface area (Å²) in [4.78, 5) is 0. The number of benzene rings is 2. The van der Waals surface area contributed by atoms with Gasteiger partial charge in [0.1, 0.15) is 0 Å². The van der Waals surface area contributed by atoms with Gasteiger partial charge in [0.2, 0.25) is 0 Å². The zero-order valence-electron chi connectivity index (χ0n) is 9.84. The first kappa shape index (κ1) is 14.9. The van der Waals surface area contributed by atoms with Gasteiger partial charge < -0.3 is 5.73 Å². The molecule has 2 aromatic rings. The van der Waals surface area contributed by atoms with Crippen LogP contribution < -0.4 is 0 Å². The number of aryl methyl sites for hydroxylation is 1. The standard InChI is InChI=1S/C15H16N.Ac/c16-15(14-9-5-2-6-10-14)12-11-13-7-3-1-4-8-13;/h1-10,15-16H,11-12H2;/q-1;. The van der Waals surface area contributed by atoms with Crippen molar-refractivity contribution in [3.8, 4) is 0 Å². The second-order valence-corrected chi connectivity index (χ2v) is 3.99. The van der Waals surface area contributed by atoms with Gasteiger partial charge in [-0.25, -0.2) is 0 Å². The fourth-order valence-corrected chi connectivity index (χ4v) is 1.81. The van der Waals surface area contributed by atoms with E-state index >= 15 is 0 Å². The predicted molar refractivity (Wildman–Crippen MR) is 68.3 cm³/mol. The molecule has 1 N–H and O–H groups in total. The number of hydrogen-bond donors (Lipinski definition) is 0. The summed E-state index contributed by atoms with van der Waals surface area (Å²) in [6, 6.07) is 20.3. The van der Waals surface area contributed by atoms with E-state index in [4.69, 9.17) is 5.73 Å². The molecule has 0 aliphatic carbocycles. The molecule has 0 aromatic heterocycles. The van der Waals surface area contributed by atoms with E-state index in [9.17, 15) is 0 Å². The third-order valence-electron chi connectivity index (χ3n) is 2.77. The van der Waals surface area contributed by atoms with Crippen LogP contribution in [0.3, 0.4) is 0 Å². The van der Waals surface area contributed by atoms with Crippen molar-refractivity contribution in [3.05, 3.63) is 77.5 Å². The molecule has 1 radical (unpaired) electrons. The van der Waals surface area contributed by atoms with Gasteiger partial charge in [0, 0.05) is 44.1 Å². The second-order valence-electron chi connectivity index (χ2n) is 3.99. The average molecular weight is 437 g/mol. The smallest absolute Gasteiger partial charge is 0 e. The Morgan fingerprint density at radius 2 is 1.35 bits per heavy atom. The minimum absolute atomic E-state index is 0. The summed E-state index contributed by atoms with van der Waals surface area (Å²) in [5, 5.41) is 0. The van der Waals surface area contributed by atoms with Crippen molar-refractivity contribution < 1.29 is 44.1 Å². The first-order valence-corrected chi connectivity index (χ1v) is 5.66. The summed E-state index contributed by atoms with van der Waals surface area (Å²) in [5.41, 5.74) is 10.5. The maximum atomic E-state index is 8.06. The van der Waals surface area contributed by atoms with Gasteiger partial charge in [-0.1, -0.05) is 72.6 Å². The van der Waals surface area contributed by atoms with E-state index in [0.717, 1.165) is 18.4 Å². The predicted octanol–water partition coefficient (Wildman–Crippen LogP) is 4.41. The largest absolute Gasteiger partial charge is 0.671 e. The van der Waals surface area contributed by atoms with Gasteiger partial charge in [-0.2, -0.15) is 0 Å². The molecule has 85 valence electrons. The van der Waals surface area contributed by atoms with Crippen molar-refractivity contribution in [1.29, 1.82) is 0 Å². The number of nitrogens with one attached hydrogen (secondary N) is 1. The SMILES string of the molecule is [Ac].[NH-]C(CCc1ccccc1)c1ccccc1. The molecule has 0 fully saturated rings. The van der Waals surface area contributed by atoms with E-state index < -0.39 is 0 Å². The molecule has 1 unspecified atom stereocenters. The van der Waals surface area contributed by atoms with Crippen LogP contribution in [0.2, 0.25) is 0 Å². The van der Waals surface area contributed by atoms with Gasteiger partial charge in [0.15, 0.2) is 0 Å². The molecule has 2 aromatic carbocycles. The van der Waals surface area contributed by atoms with Gasteiger partial charge in [-0.3, -0.25) is 0 Å². The molecule has 1 nitrogen and oxygen atoms in total. The molecular weight excluding hydrogens is 421 g/mol. The Hall–Kier alpha value is -0.158. The quantitative estimate of drug-likeness (QED) is 0.677. The van der Waals surface area contributed by atoms with Crippen LogP contribution in [0, 0.1) is 44.1 Å². The fraction of sp³-hybridized carbons (Fsp3) is 0.200. The molecule has 2 heteroatoms. The van der Waals surface area contributed by atoms with Crippen LogP contribution in [0.15, 0.2) is 60.7 Å². The van der Waals surface area contributed by atoms with E-state index in [1.54, 1.807) is 0 Å². The third-order valence-corrected chi connectivity index (χ3v) is 2.77. The van der Waals surface area contributed by atoms with Gasteiger partial charge in [-0.15, -0.1) is 6.04 Å². The van der Waals surface area contributed by atoms with E-state index in [2.05, 4.69) is 24.3 Å². The molecule has 0 saturated heterocycles. The molecule has 0 heterocycles. The Bertz CT molecular complexity index is 413. The maximum absolute atomic E-state index is 8.06. The summed E-state index contributed by atoms with van der Waals surface area (Å²) in [6.07, 6.45) is 1.86. The molecule has 2 rings (SSSR count). The number of hydrogen-bond acceptors (Lipinski definition) is 0. The average Bonchev–Trinajstić information content (AvgIpc) is 2.38. The summed E-state index contributed by atoms with van der Waals surface area (Å²) in [6.45, 7) is 0. The molecule has 0 spiro atoms. The molecule has 1 atom stereocenters. The first-order valence-electron chi connectivity index (χ1n) is 5.66. The monoisotopic (exact) mass is 437 g/mol. The molecule has 0 aliphatic rings. The fourth-order valence-electron chi connectivity index (χ4n) is 1.81. The van der Waals surface area contributed by atoms with E-state index in [0.29, 0.717) is 0 Å². The van der Waals surface area contributed by atoms with Crippen molar-refractivity contribution in [2.24, 2.45) is 0 Å². The van der Waals surface area contributed by atoms with Gasteiger partial charge in [0.05, 0.1) is 0 Å². The van der Waals surface area contributed by atoms with Crippen molar-refractivity contribution in [2.45, 2.75) is 18.9 Å². The van der Waals surface area contributed by atoms with Crippen LogP contribution in [0.1, 0.15) is 23.6 Å². The first-order chi connectivity index (χ1) is 7.86. The van der Waals surface area contributed by atoms with Gasteiger partial charge in [0.25, 0.3) is 0 Å². The summed E-state index contributed by atoms with van der Waals surface area (Å²) in [5.74, 6) is 0. The molecule has 0 saturated carbocycles. The molecule has 0 amide bonds. The Kier molecular flexibility index (Phi) is 7.04. The zero-order valence-corrected chi connectivity index (χ0v) is 14.6. The summed E-state index contributed by atoms with van der Waals surface area (Å²) >= 11 is 0. The molecule has 17 heavy (non-hydrogen) atoms.